The van der Waals surface area contributed by atoms with E-state index in [0.717, 1.165) is 35.5 Å². The summed E-state index contributed by atoms with van der Waals surface area (Å²) in [6, 6.07) is 15.4. The number of benzene rings is 2. The van der Waals surface area contributed by atoms with Crippen LogP contribution in [0.4, 0.5) is 5.69 Å². The van der Waals surface area contributed by atoms with Crippen molar-refractivity contribution >= 4 is 17.7 Å². The fourth-order valence-corrected chi connectivity index (χ4v) is 3.16. The van der Waals surface area contributed by atoms with E-state index in [1.54, 1.807) is 6.08 Å². The van der Waals surface area contributed by atoms with E-state index < -0.39 is 6.04 Å². The van der Waals surface area contributed by atoms with Gasteiger partial charge in [0.2, 0.25) is 5.91 Å². The molecule has 1 saturated heterocycles. The SMILES string of the molecule is Cc1cccc(/C=C/C(=O)NC(CO)c2cccc(N3CCOCC3)c2)c1. The second-order valence-corrected chi connectivity index (χ2v) is 6.69. The maximum Gasteiger partial charge on any atom is 0.244 e. The Morgan fingerprint density at radius 3 is 2.74 bits per heavy atom. The summed E-state index contributed by atoms with van der Waals surface area (Å²) in [5.74, 6) is -0.229. The fourth-order valence-electron chi connectivity index (χ4n) is 3.16. The standard InChI is InChI=1S/C22H26N2O3/c1-17-4-2-5-18(14-17)8-9-22(26)23-21(16-25)19-6-3-7-20(15-19)24-10-12-27-13-11-24/h2-9,14-15,21,25H,10-13,16H2,1H3,(H,23,26)/b9-8+. The van der Waals surface area contributed by atoms with Gasteiger partial charge in [0.15, 0.2) is 0 Å². The number of hydrogen-bond acceptors (Lipinski definition) is 4. The van der Waals surface area contributed by atoms with Crippen molar-refractivity contribution in [1.29, 1.82) is 0 Å². The number of nitrogens with zero attached hydrogens (tertiary/aromatic N) is 1. The van der Waals surface area contributed by atoms with Crippen molar-refractivity contribution in [3.05, 3.63) is 71.3 Å². The quantitative estimate of drug-likeness (QED) is 0.772. The van der Waals surface area contributed by atoms with Crippen LogP contribution in [-0.4, -0.2) is 43.9 Å². The molecule has 1 heterocycles. The molecule has 0 aromatic heterocycles. The number of anilines is 1. The van der Waals surface area contributed by atoms with Crippen molar-refractivity contribution in [3.8, 4) is 0 Å². The van der Waals surface area contributed by atoms with E-state index in [1.807, 2.05) is 55.5 Å². The van der Waals surface area contributed by atoms with Crippen molar-refractivity contribution in [1.82, 2.24) is 5.32 Å². The van der Waals surface area contributed by atoms with E-state index in [4.69, 9.17) is 4.74 Å². The molecule has 0 saturated carbocycles. The van der Waals surface area contributed by atoms with Crippen molar-refractivity contribution < 1.29 is 14.6 Å². The van der Waals surface area contributed by atoms with Crippen molar-refractivity contribution in [2.75, 3.05) is 37.8 Å². The van der Waals surface area contributed by atoms with Crippen LogP contribution in [0.25, 0.3) is 6.08 Å². The third kappa shape index (κ3) is 5.42. The average molecular weight is 366 g/mol. The highest BCUT2D eigenvalue weighted by atomic mass is 16.5. The summed E-state index contributed by atoms with van der Waals surface area (Å²) in [5, 5.41) is 12.7. The molecule has 2 aromatic carbocycles. The Morgan fingerprint density at radius 1 is 1.22 bits per heavy atom. The van der Waals surface area contributed by atoms with E-state index in [-0.39, 0.29) is 12.5 Å². The van der Waals surface area contributed by atoms with Gasteiger partial charge in [-0.25, -0.2) is 0 Å². The van der Waals surface area contributed by atoms with Gasteiger partial charge in [-0.2, -0.15) is 0 Å². The normalized spacial score (nSPS) is 15.7. The number of aliphatic hydroxyl groups excluding tert-OH is 1. The predicted molar refractivity (Wildman–Crippen MR) is 108 cm³/mol. The van der Waals surface area contributed by atoms with E-state index in [1.165, 1.54) is 6.08 Å². The first-order chi connectivity index (χ1) is 13.2. The first-order valence-electron chi connectivity index (χ1n) is 9.24. The Hall–Kier alpha value is -2.63. The maximum absolute atomic E-state index is 12.3. The highest BCUT2D eigenvalue weighted by molar-refractivity contribution is 5.92. The Bertz CT molecular complexity index is 798. The average Bonchev–Trinajstić information content (AvgIpc) is 2.71. The van der Waals surface area contributed by atoms with Crippen molar-refractivity contribution in [2.45, 2.75) is 13.0 Å². The number of aryl methyl sites for hydroxylation is 1. The molecule has 0 radical (unpaired) electrons. The summed E-state index contributed by atoms with van der Waals surface area (Å²) in [6.07, 6.45) is 3.28. The van der Waals surface area contributed by atoms with Crippen LogP contribution in [0.2, 0.25) is 0 Å². The molecule has 0 spiro atoms. The van der Waals surface area contributed by atoms with Crippen LogP contribution < -0.4 is 10.2 Å². The Morgan fingerprint density at radius 2 is 2.00 bits per heavy atom. The second kappa shape index (κ2) is 9.35. The highest BCUT2D eigenvalue weighted by Crippen LogP contribution is 2.21. The number of aliphatic hydroxyl groups is 1. The third-order valence-electron chi connectivity index (χ3n) is 4.62. The highest BCUT2D eigenvalue weighted by Gasteiger charge is 2.16. The molecule has 3 rings (SSSR count). The third-order valence-corrected chi connectivity index (χ3v) is 4.62. The zero-order valence-corrected chi connectivity index (χ0v) is 15.6. The number of nitrogens with one attached hydrogen (secondary N) is 1. The van der Waals surface area contributed by atoms with Gasteiger partial charge in [-0.3, -0.25) is 4.79 Å². The molecule has 1 amide bonds. The molecule has 27 heavy (non-hydrogen) atoms. The minimum Gasteiger partial charge on any atom is -0.394 e. The number of rotatable bonds is 6. The van der Waals surface area contributed by atoms with Crippen LogP contribution in [0.5, 0.6) is 0 Å². The van der Waals surface area contributed by atoms with E-state index in [0.29, 0.717) is 13.2 Å². The van der Waals surface area contributed by atoms with Crippen LogP contribution in [0.3, 0.4) is 0 Å². The summed E-state index contributed by atoms with van der Waals surface area (Å²) < 4.78 is 5.40. The zero-order chi connectivity index (χ0) is 19.1. The first-order valence-corrected chi connectivity index (χ1v) is 9.24. The van der Waals surface area contributed by atoms with Crippen LogP contribution in [0, 0.1) is 6.92 Å². The number of ether oxygens (including phenoxy) is 1. The smallest absolute Gasteiger partial charge is 0.244 e. The lowest BCUT2D eigenvalue weighted by atomic mass is 10.1. The monoisotopic (exact) mass is 366 g/mol. The Kier molecular flexibility index (Phi) is 6.63. The Balaban J connectivity index is 1.66. The lowest BCUT2D eigenvalue weighted by molar-refractivity contribution is -0.117. The minimum atomic E-state index is -0.444. The van der Waals surface area contributed by atoms with Crippen LogP contribution in [-0.2, 0) is 9.53 Å². The molecule has 2 N–H and O–H groups in total. The van der Waals surface area contributed by atoms with Gasteiger partial charge in [0.1, 0.15) is 0 Å². The molecule has 1 atom stereocenters. The van der Waals surface area contributed by atoms with Crippen LogP contribution >= 0.6 is 0 Å². The lowest BCUT2D eigenvalue weighted by Crippen LogP contribution is -2.36. The van der Waals surface area contributed by atoms with Gasteiger partial charge >= 0.3 is 0 Å². The van der Waals surface area contributed by atoms with Crippen molar-refractivity contribution in [3.63, 3.8) is 0 Å². The molecule has 1 unspecified atom stereocenters. The van der Waals surface area contributed by atoms with Gasteiger partial charge in [-0.15, -0.1) is 0 Å². The largest absolute Gasteiger partial charge is 0.394 e. The predicted octanol–water partition coefficient (Wildman–Crippen LogP) is 2.69. The lowest BCUT2D eigenvalue weighted by Gasteiger charge is -2.29. The summed E-state index contributed by atoms with van der Waals surface area (Å²) >= 11 is 0. The first kappa shape index (κ1) is 19.1. The molecule has 1 aliphatic heterocycles. The number of morpholine rings is 1. The second-order valence-electron chi connectivity index (χ2n) is 6.69. The van der Waals surface area contributed by atoms with Crippen LogP contribution in [0.1, 0.15) is 22.7 Å². The van der Waals surface area contributed by atoms with Gasteiger partial charge in [0, 0.05) is 24.9 Å². The van der Waals surface area contributed by atoms with Gasteiger partial charge in [0.05, 0.1) is 25.9 Å². The summed E-state index contributed by atoms with van der Waals surface area (Å²) in [4.78, 5) is 14.5. The Labute approximate surface area is 160 Å². The van der Waals surface area contributed by atoms with Crippen LogP contribution in [0.15, 0.2) is 54.6 Å². The number of carbonyl (C=O) groups is 1. The molecule has 142 valence electrons. The van der Waals surface area contributed by atoms with E-state index in [2.05, 4.69) is 10.2 Å². The van der Waals surface area contributed by atoms with Gasteiger partial charge in [0.25, 0.3) is 0 Å². The molecule has 0 aliphatic carbocycles. The van der Waals surface area contributed by atoms with E-state index >= 15 is 0 Å². The fraction of sp³-hybridized carbons (Fsp3) is 0.318. The van der Waals surface area contributed by atoms with Gasteiger partial charge in [-0.1, -0.05) is 42.0 Å². The summed E-state index contributed by atoms with van der Waals surface area (Å²) in [5.41, 5.74) is 4.09. The zero-order valence-electron chi connectivity index (χ0n) is 15.6. The van der Waals surface area contributed by atoms with Crippen molar-refractivity contribution in [2.24, 2.45) is 0 Å². The molecular formula is C22H26N2O3. The topological polar surface area (TPSA) is 61.8 Å². The van der Waals surface area contributed by atoms with Gasteiger partial charge in [-0.05, 0) is 36.3 Å². The van der Waals surface area contributed by atoms with Gasteiger partial charge < -0.3 is 20.1 Å². The molecule has 1 fully saturated rings. The molecule has 5 nitrogen and oxygen atoms in total. The molecule has 2 aromatic rings. The number of carbonyl (C=O) groups excluding carboxylic acids is 1. The number of hydrogen-bond donors (Lipinski definition) is 2. The molecule has 1 aliphatic rings. The number of amides is 1. The summed E-state index contributed by atoms with van der Waals surface area (Å²) in [6.45, 7) is 4.98. The molecular weight excluding hydrogens is 340 g/mol. The minimum absolute atomic E-state index is 0.156. The van der Waals surface area contributed by atoms with E-state index in [9.17, 15) is 9.90 Å². The molecule has 0 bridgehead atoms. The maximum atomic E-state index is 12.3. The summed E-state index contributed by atoms with van der Waals surface area (Å²) in [7, 11) is 0. The molecule has 5 heteroatoms.